The van der Waals surface area contributed by atoms with E-state index in [4.69, 9.17) is 0 Å². The number of pyridine rings is 1. The highest BCUT2D eigenvalue weighted by Gasteiger charge is 2.22. The molecule has 0 aliphatic carbocycles. The van der Waals surface area contributed by atoms with Crippen LogP contribution in [0.2, 0.25) is 0 Å². The van der Waals surface area contributed by atoms with Gasteiger partial charge >= 0.3 is 0 Å². The summed E-state index contributed by atoms with van der Waals surface area (Å²) in [6.45, 7) is 5.40. The molecule has 0 saturated carbocycles. The third-order valence-electron chi connectivity index (χ3n) is 3.92. The minimum atomic E-state index is 0.498. The number of anilines is 1. The lowest BCUT2D eigenvalue weighted by Crippen LogP contribution is -2.44. The lowest BCUT2D eigenvalue weighted by molar-refractivity contribution is 0.411. The zero-order chi connectivity index (χ0) is 12.2. The Morgan fingerprint density at radius 1 is 1.17 bits per heavy atom. The monoisotopic (exact) mass is 246 g/mol. The first kappa shape index (κ1) is 11.9. The van der Waals surface area contributed by atoms with Crippen LogP contribution < -0.4 is 15.5 Å². The van der Waals surface area contributed by atoms with Crippen LogP contribution in [0.3, 0.4) is 0 Å². The van der Waals surface area contributed by atoms with Crippen molar-refractivity contribution in [2.24, 2.45) is 0 Å². The number of aromatic nitrogens is 1. The van der Waals surface area contributed by atoms with Crippen LogP contribution in [0.5, 0.6) is 0 Å². The second kappa shape index (κ2) is 5.67. The molecule has 98 valence electrons. The van der Waals surface area contributed by atoms with Crippen molar-refractivity contribution in [1.29, 1.82) is 0 Å². The molecule has 1 aromatic heterocycles. The topological polar surface area (TPSA) is 40.2 Å². The van der Waals surface area contributed by atoms with Crippen molar-refractivity contribution in [1.82, 2.24) is 15.6 Å². The van der Waals surface area contributed by atoms with Crippen LogP contribution in [0, 0.1) is 0 Å². The van der Waals surface area contributed by atoms with E-state index in [1.165, 1.54) is 30.6 Å². The van der Waals surface area contributed by atoms with E-state index in [-0.39, 0.29) is 0 Å². The molecule has 4 heteroatoms. The molecule has 18 heavy (non-hydrogen) atoms. The first-order chi connectivity index (χ1) is 8.95. The van der Waals surface area contributed by atoms with Crippen LogP contribution in [0.1, 0.15) is 30.9 Å². The molecule has 0 bridgehead atoms. The van der Waals surface area contributed by atoms with Gasteiger partial charge in [0.15, 0.2) is 0 Å². The fourth-order valence-corrected chi connectivity index (χ4v) is 2.94. The number of nitrogens with zero attached hydrogens (tertiary/aromatic N) is 2. The Bertz CT molecular complexity index is 344. The molecule has 3 rings (SSSR count). The Labute approximate surface area is 109 Å². The zero-order valence-corrected chi connectivity index (χ0v) is 10.9. The number of piperidine rings is 1. The van der Waals surface area contributed by atoms with Crippen molar-refractivity contribution in [3.63, 3.8) is 0 Å². The van der Waals surface area contributed by atoms with Crippen molar-refractivity contribution in [2.75, 3.05) is 37.6 Å². The fraction of sp³-hybridized carbons (Fsp3) is 0.643. The van der Waals surface area contributed by atoms with E-state index in [1.807, 2.05) is 6.20 Å². The molecule has 0 unspecified atom stereocenters. The van der Waals surface area contributed by atoms with E-state index in [0.29, 0.717) is 6.04 Å². The highest BCUT2D eigenvalue weighted by Crippen LogP contribution is 2.29. The predicted octanol–water partition coefficient (Wildman–Crippen LogP) is 1.31. The lowest BCUT2D eigenvalue weighted by atomic mass is 9.97. The third kappa shape index (κ3) is 2.49. The Hall–Kier alpha value is -1.13. The summed E-state index contributed by atoms with van der Waals surface area (Å²) in [5.41, 5.74) is 1.39. The molecule has 1 atom stereocenters. The average Bonchev–Trinajstić information content (AvgIpc) is 2.49. The summed E-state index contributed by atoms with van der Waals surface area (Å²) in [7, 11) is 0. The van der Waals surface area contributed by atoms with Crippen LogP contribution in [-0.2, 0) is 0 Å². The van der Waals surface area contributed by atoms with E-state index >= 15 is 0 Å². The van der Waals surface area contributed by atoms with Crippen LogP contribution in [0.4, 0.5) is 5.82 Å². The molecule has 2 aliphatic heterocycles. The van der Waals surface area contributed by atoms with Gasteiger partial charge in [0, 0.05) is 44.0 Å². The van der Waals surface area contributed by atoms with E-state index in [9.17, 15) is 0 Å². The Morgan fingerprint density at radius 2 is 2.06 bits per heavy atom. The highest BCUT2D eigenvalue weighted by molar-refractivity contribution is 5.49. The van der Waals surface area contributed by atoms with Crippen LogP contribution >= 0.6 is 0 Å². The molecule has 2 fully saturated rings. The Kier molecular flexibility index (Phi) is 3.76. The van der Waals surface area contributed by atoms with Gasteiger partial charge in [0.25, 0.3) is 0 Å². The van der Waals surface area contributed by atoms with Crippen molar-refractivity contribution < 1.29 is 0 Å². The molecule has 0 spiro atoms. The van der Waals surface area contributed by atoms with E-state index in [2.05, 4.69) is 32.7 Å². The summed E-state index contributed by atoms with van der Waals surface area (Å²) in [5.74, 6) is 1.19. The largest absolute Gasteiger partial charge is 0.354 e. The van der Waals surface area contributed by atoms with Gasteiger partial charge in [0.05, 0.1) is 0 Å². The SMILES string of the molecule is c1cnc(N2CCNCC2)c([C@H]2CCCCN2)c1. The molecule has 0 aromatic carbocycles. The number of rotatable bonds is 2. The second-order valence-corrected chi connectivity index (χ2v) is 5.16. The number of hydrogen-bond donors (Lipinski definition) is 2. The maximum atomic E-state index is 4.64. The second-order valence-electron chi connectivity index (χ2n) is 5.16. The van der Waals surface area contributed by atoms with Gasteiger partial charge in [-0.1, -0.05) is 12.5 Å². The van der Waals surface area contributed by atoms with Crippen molar-refractivity contribution in [3.05, 3.63) is 23.9 Å². The molecule has 1 aromatic rings. The molecular formula is C14H22N4. The quantitative estimate of drug-likeness (QED) is 0.825. The number of nitrogens with one attached hydrogen (secondary N) is 2. The third-order valence-corrected chi connectivity index (χ3v) is 3.92. The minimum Gasteiger partial charge on any atom is -0.354 e. The molecule has 2 aliphatic rings. The zero-order valence-electron chi connectivity index (χ0n) is 10.9. The molecule has 2 N–H and O–H groups in total. The van der Waals surface area contributed by atoms with Gasteiger partial charge in [-0.15, -0.1) is 0 Å². The predicted molar refractivity (Wildman–Crippen MR) is 73.9 cm³/mol. The average molecular weight is 246 g/mol. The van der Waals surface area contributed by atoms with Gasteiger partial charge in [0.2, 0.25) is 0 Å². The summed E-state index contributed by atoms with van der Waals surface area (Å²) in [6.07, 6.45) is 5.79. The highest BCUT2D eigenvalue weighted by atomic mass is 15.2. The van der Waals surface area contributed by atoms with E-state index in [0.717, 1.165) is 32.7 Å². The van der Waals surface area contributed by atoms with E-state index < -0.39 is 0 Å². The van der Waals surface area contributed by atoms with Gasteiger partial charge < -0.3 is 15.5 Å². The van der Waals surface area contributed by atoms with Gasteiger partial charge in [-0.05, 0) is 25.5 Å². The van der Waals surface area contributed by atoms with Crippen molar-refractivity contribution >= 4 is 5.82 Å². The maximum Gasteiger partial charge on any atom is 0.133 e. The van der Waals surface area contributed by atoms with Gasteiger partial charge in [-0.25, -0.2) is 4.98 Å². The van der Waals surface area contributed by atoms with Gasteiger partial charge in [0.1, 0.15) is 5.82 Å². The fourth-order valence-electron chi connectivity index (χ4n) is 2.94. The summed E-state index contributed by atoms with van der Waals surface area (Å²) < 4.78 is 0. The molecule has 3 heterocycles. The Morgan fingerprint density at radius 3 is 2.83 bits per heavy atom. The summed E-state index contributed by atoms with van der Waals surface area (Å²) in [4.78, 5) is 7.05. The van der Waals surface area contributed by atoms with Gasteiger partial charge in [-0.3, -0.25) is 0 Å². The normalized spacial score (nSPS) is 25.1. The molecule has 2 saturated heterocycles. The summed E-state index contributed by atoms with van der Waals surface area (Å²) in [5, 5.41) is 7.03. The number of piperazine rings is 1. The Balaban J connectivity index is 1.83. The number of hydrogen-bond acceptors (Lipinski definition) is 4. The van der Waals surface area contributed by atoms with Gasteiger partial charge in [-0.2, -0.15) is 0 Å². The first-order valence-electron chi connectivity index (χ1n) is 7.09. The van der Waals surface area contributed by atoms with E-state index in [1.54, 1.807) is 0 Å². The molecular weight excluding hydrogens is 224 g/mol. The lowest BCUT2D eigenvalue weighted by Gasteiger charge is -2.33. The standard InChI is InChI=1S/C14H22N4/c1-2-6-16-13(5-1)12-4-3-7-17-14(12)18-10-8-15-9-11-18/h3-4,7,13,15-16H,1-2,5-6,8-11H2/t13-/m1/s1. The smallest absolute Gasteiger partial charge is 0.133 e. The molecule has 4 nitrogen and oxygen atoms in total. The van der Waals surface area contributed by atoms with Crippen LogP contribution in [0.15, 0.2) is 18.3 Å². The summed E-state index contributed by atoms with van der Waals surface area (Å²) in [6, 6.07) is 4.81. The maximum absolute atomic E-state index is 4.64. The minimum absolute atomic E-state index is 0.498. The van der Waals surface area contributed by atoms with Crippen molar-refractivity contribution in [2.45, 2.75) is 25.3 Å². The molecule has 0 amide bonds. The van der Waals surface area contributed by atoms with Crippen molar-refractivity contribution in [3.8, 4) is 0 Å². The summed E-state index contributed by atoms with van der Waals surface area (Å²) >= 11 is 0. The first-order valence-corrected chi connectivity index (χ1v) is 7.09. The van der Waals surface area contributed by atoms with Crippen LogP contribution in [0.25, 0.3) is 0 Å². The molecule has 0 radical (unpaired) electrons. The van der Waals surface area contributed by atoms with Crippen LogP contribution in [-0.4, -0.2) is 37.7 Å².